The zero-order valence-corrected chi connectivity index (χ0v) is 33.1. The van der Waals surface area contributed by atoms with Gasteiger partial charge < -0.3 is 29.7 Å². The quantitative estimate of drug-likeness (QED) is 0.135. The predicted molar refractivity (Wildman–Crippen MR) is 204 cm³/mol. The molecule has 268 valence electrons. The molecule has 9 nitrogen and oxygen atoms in total. The number of Topliss-reactive ketones (excluding diaryl/α,β-unsaturated/α-hetero) is 1. The summed E-state index contributed by atoms with van der Waals surface area (Å²) >= 11 is 0. The molecule has 0 unspecified atom stereocenters. The van der Waals surface area contributed by atoms with Crippen molar-refractivity contribution in [1.29, 1.82) is 0 Å². The Morgan fingerprint density at radius 2 is 1.67 bits per heavy atom. The van der Waals surface area contributed by atoms with Gasteiger partial charge in [-0.1, -0.05) is 85.9 Å². The first-order chi connectivity index (χ1) is 24.4. The van der Waals surface area contributed by atoms with Gasteiger partial charge in [-0.05, 0) is 64.2 Å². The normalized spacial score (nSPS) is 22.7. The summed E-state index contributed by atoms with van der Waals surface area (Å²) in [5.74, 6) is -2.84. The van der Waals surface area contributed by atoms with Crippen LogP contribution in [-0.2, 0) is 25.5 Å². The molecule has 1 N–H and O–H groups in total. The van der Waals surface area contributed by atoms with Crippen molar-refractivity contribution in [1.82, 2.24) is 20.3 Å². The van der Waals surface area contributed by atoms with E-state index in [0.717, 1.165) is 69.3 Å². The van der Waals surface area contributed by atoms with Crippen molar-refractivity contribution >= 4 is 70.7 Å². The molecule has 10 heteroatoms. The number of ether oxygens (including phenoxy) is 2. The van der Waals surface area contributed by atoms with Gasteiger partial charge in [0.25, 0.3) is 0 Å². The minimum atomic E-state index is -1.18. The summed E-state index contributed by atoms with van der Waals surface area (Å²) in [4.78, 5) is 55.9. The fraction of sp³-hybridized carbons (Fsp3) is 0.405. The maximum absolute atomic E-state index is 14.2. The van der Waals surface area contributed by atoms with Crippen molar-refractivity contribution in [3.63, 3.8) is 0 Å². The van der Waals surface area contributed by atoms with Gasteiger partial charge in [0.1, 0.15) is 12.5 Å². The Balaban J connectivity index is 0.00000523. The van der Waals surface area contributed by atoms with Crippen LogP contribution in [0.5, 0.6) is 0 Å². The van der Waals surface area contributed by atoms with Crippen molar-refractivity contribution in [2.75, 3.05) is 13.7 Å². The molecule has 1 aliphatic carbocycles. The zero-order chi connectivity index (χ0) is 36.7. The number of aromatic nitrogens is 3. The predicted octanol–water partition coefficient (Wildman–Crippen LogP) is 4.94. The van der Waals surface area contributed by atoms with Crippen LogP contribution in [0.4, 0.5) is 0 Å². The number of nitrogens with zero attached hydrogens (tertiary/aromatic N) is 3. The van der Waals surface area contributed by atoms with Gasteiger partial charge in [-0.25, -0.2) is 0 Å². The van der Waals surface area contributed by atoms with Crippen molar-refractivity contribution < 1.29 is 23.9 Å². The number of carbonyl (C=O) groups is 3. The molecule has 3 aromatic heterocycles. The molecule has 3 atom stereocenters. The smallest absolute Gasteiger partial charge is 0.657 e. The summed E-state index contributed by atoms with van der Waals surface area (Å²) in [5.41, 5.74) is 11.1. The molecule has 8 bridgehead atoms. The number of rotatable bonds is 10. The molecule has 0 spiro atoms. The van der Waals surface area contributed by atoms with E-state index in [0.29, 0.717) is 40.2 Å². The second-order valence-electron chi connectivity index (χ2n) is 13.9. The van der Waals surface area contributed by atoms with Crippen LogP contribution in [0, 0.1) is 38.5 Å². The minimum Gasteiger partial charge on any atom is -0.657 e. The average molecular weight is 712 g/mol. The SMILES string of the molecule is C=Cc1c2[n-]c(c1C)/C=C1\N/C(=C3\c4[n-]c(c(C)c4C(=O)[C@@H]3C(=O)OC)/C=c3\[n-]/c(c(C)c3CC)=C\2)[C@@H](CCC(=O)OC/C=C(/C)CCC)[C@@H]1C.[Mg+2]. The first kappa shape index (κ1) is 38.9. The third-order valence-electron chi connectivity index (χ3n) is 10.8. The number of fused-ring (bicyclic) bond motifs is 7. The van der Waals surface area contributed by atoms with E-state index < -0.39 is 11.9 Å². The number of carbonyl (C=O) groups excluding carboxylic acids is 3. The van der Waals surface area contributed by atoms with Crippen molar-refractivity contribution in [3.8, 4) is 0 Å². The Morgan fingerprint density at radius 3 is 2.35 bits per heavy atom. The summed E-state index contributed by atoms with van der Waals surface area (Å²) in [7, 11) is 1.29. The summed E-state index contributed by atoms with van der Waals surface area (Å²) in [5, 5.41) is 5.23. The molecule has 3 aromatic rings. The summed E-state index contributed by atoms with van der Waals surface area (Å²) < 4.78 is 10.8. The van der Waals surface area contributed by atoms with E-state index in [1.54, 1.807) is 0 Å². The summed E-state index contributed by atoms with van der Waals surface area (Å²) in [6, 6.07) is 0. The summed E-state index contributed by atoms with van der Waals surface area (Å²) in [6.07, 6.45) is 13.1. The minimum absolute atomic E-state index is 0. The molecule has 3 aliphatic rings. The summed E-state index contributed by atoms with van der Waals surface area (Å²) in [6.45, 7) is 18.6. The Hall–Kier alpha value is -4.28. The van der Waals surface area contributed by atoms with Gasteiger partial charge in [-0.3, -0.25) is 14.4 Å². The van der Waals surface area contributed by atoms with Gasteiger partial charge in [0.2, 0.25) is 0 Å². The third-order valence-corrected chi connectivity index (χ3v) is 10.8. The van der Waals surface area contributed by atoms with Crippen molar-refractivity contribution in [2.45, 2.75) is 80.6 Å². The molecule has 0 aromatic carbocycles. The molecule has 52 heavy (non-hydrogen) atoms. The molecule has 0 radical (unpaired) electrons. The van der Waals surface area contributed by atoms with Crippen LogP contribution in [-0.4, -0.2) is 54.5 Å². The molecule has 2 aliphatic heterocycles. The van der Waals surface area contributed by atoms with Crippen molar-refractivity contribution in [3.05, 3.63) is 96.5 Å². The van der Waals surface area contributed by atoms with Gasteiger partial charge >= 0.3 is 35.0 Å². The Kier molecular flexibility index (Phi) is 11.8. The Morgan fingerprint density at radius 1 is 0.962 bits per heavy atom. The fourth-order valence-corrected chi connectivity index (χ4v) is 7.87. The Labute approximate surface area is 321 Å². The second kappa shape index (κ2) is 15.8. The van der Waals surface area contributed by atoms with E-state index >= 15 is 0 Å². The standard InChI is InChI=1S/C42H48N4O5.Mg/c1-10-13-21(4)16-17-51-35(47)15-14-28-24(7)31-18-29-22(5)26(11-2)33(43-29)19-30-23(6)27(12-3)34(44-30)20-32-25(8)36-40(46-32)37(39(28)45-31)38(41(36)48)42(49)50-9;/h11,16,18-20,24,28,38H,2,10,12-15,17H2,1,3-9H3,(H2,45,46,48);/q-2;+2/p-1/b21-16-,30-19-,31-18-,34-20-;/t24-,28-,38+;/m0./s1. The van der Waals surface area contributed by atoms with Crippen LogP contribution >= 0.6 is 0 Å². The van der Waals surface area contributed by atoms with E-state index in [-0.39, 0.29) is 59.7 Å². The van der Waals surface area contributed by atoms with Gasteiger partial charge in [0.15, 0.2) is 5.78 Å². The molecule has 1 saturated heterocycles. The molecular formula is C42H47MgN4O5-. The Bertz CT molecular complexity index is 2170. The zero-order valence-electron chi connectivity index (χ0n) is 31.7. The van der Waals surface area contributed by atoms with E-state index in [1.807, 2.05) is 51.2 Å². The van der Waals surface area contributed by atoms with E-state index in [1.165, 1.54) is 12.7 Å². The van der Waals surface area contributed by atoms with Crippen LogP contribution in [0.2, 0.25) is 0 Å². The number of hydrogen-bond acceptors (Lipinski definition) is 6. The van der Waals surface area contributed by atoms with E-state index in [9.17, 15) is 14.4 Å². The first-order valence-corrected chi connectivity index (χ1v) is 17.9. The third kappa shape index (κ3) is 6.83. The largest absolute Gasteiger partial charge is 2.00 e. The molecular weight excluding hydrogens is 665 g/mol. The van der Waals surface area contributed by atoms with E-state index in [2.05, 4.69) is 39.6 Å². The number of allylic oxidation sites excluding steroid dienone is 3. The number of esters is 2. The average Bonchev–Trinajstić information content (AvgIpc) is 3.84. The molecule has 5 heterocycles. The topological polar surface area (TPSA) is 124 Å². The molecule has 6 rings (SSSR count). The number of methoxy groups -OCH3 is 1. The maximum atomic E-state index is 14.2. The number of hydrogen-bond donors (Lipinski definition) is 1. The van der Waals surface area contributed by atoms with Crippen LogP contribution in [0.15, 0.2) is 29.6 Å². The van der Waals surface area contributed by atoms with Gasteiger partial charge in [0, 0.05) is 35.2 Å². The van der Waals surface area contributed by atoms with Gasteiger partial charge in [-0.15, -0.1) is 33.5 Å². The van der Waals surface area contributed by atoms with E-state index in [4.69, 9.17) is 24.4 Å². The molecule has 0 amide bonds. The molecule has 1 fully saturated rings. The second-order valence-corrected chi connectivity index (χ2v) is 13.9. The molecule has 0 saturated carbocycles. The fourth-order valence-electron chi connectivity index (χ4n) is 7.87. The number of ketones is 1. The maximum Gasteiger partial charge on any atom is 2.00 e. The number of nitrogens with one attached hydrogen (secondary N) is 1. The van der Waals surface area contributed by atoms with Crippen LogP contribution in [0.25, 0.3) is 29.9 Å². The monoisotopic (exact) mass is 711 g/mol. The van der Waals surface area contributed by atoms with Crippen LogP contribution < -0.4 is 31.0 Å². The van der Waals surface area contributed by atoms with Crippen LogP contribution in [0.3, 0.4) is 0 Å². The van der Waals surface area contributed by atoms with Crippen molar-refractivity contribution in [2.24, 2.45) is 17.8 Å². The van der Waals surface area contributed by atoms with Gasteiger partial charge in [0.05, 0.1) is 7.11 Å². The van der Waals surface area contributed by atoms with Gasteiger partial charge in [-0.2, -0.15) is 0 Å². The van der Waals surface area contributed by atoms with Crippen LogP contribution in [0.1, 0.15) is 114 Å². The first-order valence-electron chi connectivity index (χ1n) is 17.9.